The van der Waals surface area contributed by atoms with E-state index < -0.39 is 0 Å². The molecule has 1 aromatic carbocycles. The summed E-state index contributed by atoms with van der Waals surface area (Å²) in [6.45, 7) is 2.96. The van der Waals surface area contributed by atoms with Crippen molar-refractivity contribution >= 4 is 17.4 Å². The van der Waals surface area contributed by atoms with Crippen LogP contribution in [0.3, 0.4) is 0 Å². The molecule has 2 aromatic rings. The molecule has 0 radical (unpaired) electrons. The molecule has 0 atom stereocenters. The third-order valence-electron chi connectivity index (χ3n) is 5.52. The number of benzene rings is 1. The lowest BCUT2D eigenvalue weighted by Gasteiger charge is -2.33. The Morgan fingerprint density at radius 1 is 1.21 bits per heavy atom. The van der Waals surface area contributed by atoms with Gasteiger partial charge < -0.3 is 10.6 Å². The second-order valence-electron chi connectivity index (χ2n) is 7.08. The Morgan fingerprint density at radius 2 is 2.04 bits per heavy atom. The van der Waals surface area contributed by atoms with Gasteiger partial charge in [0.2, 0.25) is 0 Å². The van der Waals surface area contributed by atoms with Crippen molar-refractivity contribution < 1.29 is 4.79 Å². The molecule has 4 nitrogen and oxygen atoms in total. The molecule has 4 rings (SSSR count). The highest BCUT2D eigenvalue weighted by molar-refractivity contribution is 6.04. The summed E-state index contributed by atoms with van der Waals surface area (Å²) in [5.41, 5.74) is 4.44. The number of hydrogen-bond acceptors (Lipinski definition) is 3. The molecule has 1 fully saturated rings. The van der Waals surface area contributed by atoms with Crippen LogP contribution in [0.1, 0.15) is 53.6 Å². The lowest BCUT2D eigenvalue weighted by molar-refractivity contribution is 0.102. The van der Waals surface area contributed by atoms with E-state index >= 15 is 0 Å². The molecular weight excluding hydrogens is 298 g/mol. The Balaban J connectivity index is 1.62. The van der Waals surface area contributed by atoms with E-state index in [0.717, 1.165) is 12.1 Å². The average Bonchev–Trinajstić information content (AvgIpc) is 2.95. The van der Waals surface area contributed by atoms with Crippen LogP contribution in [0.2, 0.25) is 0 Å². The van der Waals surface area contributed by atoms with Crippen LogP contribution < -0.4 is 10.6 Å². The largest absolute Gasteiger partial charge is 0.384 e. The average molecular weight is 321 g/mol. The highest BCUT2D eigenvalue weighted by Gasteiger charge is 2.39. The summed E-state index contributed by atoms with van der Waals surface area (Å²) in [6.07, 6.45) is 8.03. The topological polar surface area (TPSA) is 54.0 Å². The minimum atomic E-state index is -0.0857. The van der Waals surface area contributed by atoms with Gasteiger partial charge in [0.1, 0.15) is 5.82 Å². The number of rotatable bonds is 2. The van der Waals surface area contributed by atoms with E-state index in [9.17, 15) is 4.79 Å². The monoisotopic (exact) mass is 321 g/mol. The van der Waals surface area contributed by atoms with Crippen molar-refractivity contribution in [3.8, 4) is 0 Å². The van der Waals surface area contributed by atoms with E-state index in [2.05, 4.69) is 27.8 Å². The fourth-order valence-corrected chi connectivity index (χ4v) is 4.11. The summed E-state index contributed by atoms with van der Waals surface area (Å²) >= 11 is 0. The fourth-order valence-electron chi connectivity index (χ4n) is 4.11. The summed E-state index contributed by atoms with van der Waals surface area (Å²) in [7, 11) is 0. The third kappa shape index (κ3) is 2.56. The Kier molecular flexibility index (Phi) is 3.75. The molecule has 1 spiro atoms. The number of aryl methyl sites for hydroxylation is 1. The first-order valence-electron chi connectivity index (χ1n) is 8.79. The molecule has 1 saturated carbocycles. The minimum Gasteiger partial charge on any atom is -0.384 e. The summed E-state index contributed by atoms with van der Waals surface area (Å²) in [6, 6.07) is 9.87. The lowest BCUT2D eigenvalue weighted by atomic mass is 9.70. The van der Waals surface area contributed by atoms with E-state index in [1.165, 1.54) is 43.4 Å². The molecule has 2 N–H and O–H groups in total. The van der Waals surface area contributed by atoms with Gasteiger partial charge in [-0.2, -0.15) is 0 Å². The lowest BCUT2D eigenvalue weighted by Crippen LogP contribution is -2.31. The van der Waals surface area contributed by atoms with Crippen molar-refractivity contribution in [3.63, 3.8) is 0 Å². The molecule has 0 saturated heterocycles. The SMILES string of the molecule is Cc1cccnc1NC(=O)c1ccc2c(c1)C1(CCCCC1)CN2. The quantitative estimate of drug-likeness (QED) is 0.868. The molecular formula is C20H23N3O. The van der Waals surface area contributed by atoms with Crippen LogP contribution in [0.5, 0.6) is 0 Å². The zero-order valence-electron chi connectivity index (χ0n) is 14.1. The van der Waals surface area contributed by atoms with Crippen LogP contribution in [-0.2, 0) is 5.41 Å². The van der Waals surface area contributed by atoms with E-state index in [-0.39, 0.29) is 11.3 Å². The molecule has 1 aliphatic carbocycles. The zero-order chi connectivity index (χ0) is 16.6. The van der Waals surface area contributed by atoms with Gasteiger partial charge >= 0.3 is 0 Å². The number of carbonyl (C=O) groups is 1. The predicted molar refractivity (Wildman–Crippen MR) is 96.6 cm³/mol. The highest BCUT2D eigenvalue weighted by Crippen LogP contribution is 2.46. The van der Waals surface area contributed by atoms with E-state index in [4.69, 9.17) is 0 Å². The summed E-state index contributed by atoms with van der Waals surface area (Å²) in [5.74, 6) is 0.547. The van der Waals surface area contributed by atoms with Crippen molar-refractivity contribution in [2.45, 2.75) is 44.4 Å². The number of nitrogens with zero attached hydrogens (tertiary/aromatic N) is 1. The Bertz CT molecular complexity index is 773. The van der Waals surface area contributed by atoms with Crippen LogP contribution >= 0.6 is 0 Å². The predicted octanol–water partition coefficient (Wildman–Crippen LogP) is 4.27. The maximum Gasteiger partial charge on any atom is 0.256 e. The van der Waals surface area contributed by atoms with Gasteiger partial charge in [0.15, 0.2) is 0 Å². The number of pyridine rings is 1. The van der Waals surface area contributed by atoms with Gasteiger partial charge in [-0.05, 0) is 55.2 Å². The molecule has 1 aromatic heterocycles. The highest BCUT2D eigenvalue weighted by atomic mass is 16.1. The van der Waals surface area contributed by atoms with Crippen LogP contribution in [0, 0.1) is 6.92 Å². The van der Waals surface area contributed by atoms with Gasteiger partial charge in [0, 0.05) is 29.4 Å². The van der Waals surface area contributed by atoms with Gasteiger partial charge in [0.05, 0.1) is 0 Å². The number of carbonyl (C=O) groups excluding carboxylic acids is 1. The standard InChI is InChI=1S/C20H23N3O/c1-14-6-5-11-21-18(14)23-19(24)15-7-8-17-16(12-15)20(13-22-17)9-3-2-4-10-20/h5-8,11-12,22H,2-4,9-10,13H2,1H3,(H,21,23,24). The first kappa shape index (κ1) is 15.2. The number of aromatic nitrogens is 1. The van der Waals surface area contributed by atoms with Crippen LogP contribution in [-0.4, -0.2) is 17.4 Å². The number of hydrogen-bond donors (Lipinski definition) is 2. The third-order valence-corrected chi connectivity index (χ3v) is 5.52. The van der Waals surface area contributed by atoms with Gasteiger partial charge in [-0.3, -0.25) is 4.79 Å². The maximum atomic E-state index is 12.7. The Hall–Kier alpha value is -2.36. The maximum absolute atomic E-state index is 12.7. The molecule has 1 amide bonds. The molecule has 124 valence electrons. The van der Waals surface area contributed by atoms with Crippen molar-refractivity contribution in [1.29, 1.82) is 0 Å². The number of fused-ring (bicyclic) bond motifs is 2. The van der Waals surface area contributed by atoms with Gasteiger partial charge in [0.25, 0.3) is 5.91 Å². The van der Waals surface area contributed by atoms with Crippen molar-refractivity contribution in [1.82, 2.24) is 4.98 Å². The first-order chi connectivity index (χ1) is 11.7. The first-order valence-corrected chi connectivity index (χ1v) is 8.79. The van der Waals surface area contributed by atoms with Crippen molar-refractivity contribution in [3.05, 3.63) is 53.2 Å². The van der Waals surface area contributed by atoms with Crippen molar-refractivity contribution in [2.75, 3.05) is 17.2 Å². The van der Waals surface area contributed by atoms with E-state index in [1.807, 2.05) is 25.1 Å². The summed E-state index contributed by atoms with van der Waals surface area (Å²) in [5, 5.41) is 6.48. The normalized spacial score (nSPS) is 18.0. The van der Waals surface area contributed by atoms with E-state index in [1.54, 1.807) is 6.20 Å². The molecule has 24 heavy (non-hydrogen) atoms. The number of anilines is 2. The van der Waals surface area contributed by atoms with Crippen LogP contribution in [0.15, 0.2) is 36.5 Å². The number of nitrogens with one attached hydrogen (secondary N) is 2. The number of amides is 1. The minimum absolute atomic E-state index is 0.0857. The second kappa shape index (κ2) is 5.93. The van der Waals surface area contributed by atoms with Crippen LogP contribution in [0.4, 0.5) is 11.5 Å². The molecule has 2 heterocycles. The summed E-state index contributed by atoms with van der Waals surface area (Å²) in [4.78, 5) is 16.9. The van der Waals surface area contributed by atoms with Gasteiger partial charge in [-0.15, -0.1) is 0 Å². The molecule has 1 aliphatic heterocycles. The molecule has 0 unspecified atom stereocenters. The Morgan fingerprint density at radius 3 is 2.83 bits per heavy atom. The second-order valence-corrected chi connectivity index (χ2v) is 7.08. The smallest absolute Gasteiger partial charge is 0.256 e. The van der Waals surface area contributed by atoms with Crippen LogP contribution in [0.25, 0.3) is 0 Å². The molecule has 0 bridgehead atoms. The zero-order valence-corrected chi connectivity index (χ0v) is 14.1. The summed E-state index contributed by atoms with van der Waals surface area (Å²) < 4.78 is 0. The van der Waals surface area contributed by atoms with Gasteiger partial charge in [-0.25, -0.2) is 4.98 Å². The fraction of sp³-hybridized carbons (Fsp3) is 0.400. The molecule has 4 heteroatoms. The van der Waals surface area contributed by atoms with Gasteiger partial charge in [-0.1, -0.05) is 25.3 Å². The van der Waals surface area contributed by atoms with E-state index in [0.29, 0.717) is 11.4 Å². The Labute approximate surface area is 142 Å². The van der Waals surface area contributed by atoms with Crippen molar-refractivity contribution in [2.24, 2.45) is 0 Å². The molecule has 2 aliphatic rings.